The van der Waals surface area contributed by atoms with Gasteiger partial charge in [-0.2, -0.15) is 0 Å². The Hall–Kier alpha value is -1.63. The molecule has 0 bridgehead atoms. The maximum Gasteiger partial charge on any atom is 0.219 e. The molecule has 1 aliphatic heterocycles. The van der Waals surface area contributed by atoms with Crippen LogP contribution in [0.15, 0.2) is 4.99 Å². The lowest BCUT2D eigenvalue weighted by Gasteiger charge is -2.32. The SMILES string of the molecule is CN=C(NCc1sc(C)nc1C)NC1CCN(C(C)=O)CC1. The molecule has 22 heavy (non-hydrogen) atoms. The first-order valence-corrected chi connectivity index (χ1v) is 8.47. The van der Waals surface area contributed by atoms with Crippen molar-refractivity contribution in [3.05, 3.63) is 15.6 Å². The molecule has 2 rings (SSSR count). The fourth-order valence-electron chi connectivity index (χ4n) is 2.63. The minimum absolute atomic E-state index is 0.164. The highest BCUT2D eigenvalue weighted by Crippen LogP contribution is 2.16. The number of nitrogens with one attached hydrogen (secondary N) is 2. The zero-order valence-corrected chi connectivity index (χ0v) is 14.6. The number of carbonyl (C=O) groups excluding carboxylic acids is 1. The van der Waals surface area contributed by atoms with Crippen LogP contribution in [-0.2, 0) is 11.3 Å². The Balaban J connectivity index is 1.81. The van der Waals surface area contributed by atoms with Gasteiger partial charge in [0.2, 0.25) is 5.91 Å². The smallest absolute Gasteiger partial charge is 0.219 e. The summed E-state index contributed by atoms with van der Waals surface area (Å²) in [6.45, 7) is 8.07. The molecule has 0 spiro atoms. The molecule has 0 unspecified atom stereocenters. The summed E-state index contributed by atoms with van der Waals surface area (Å²) in [6, 6.07) is 0.367. The number of aromatic nitrogens is 1. The van der Waals surface area contributed by atoms with Crippen molar-refractivity contribution in [2.75, 3.05) is 20.1 Å². The molecular weight excluding hydrogens is 298 g/mol. The van der Waals surface area contributed by atoms with Crippen molar-refractivity contribution >= 4 is 23.2 Å². The predicted molar refractivity (Wildman–Crippen MR) is 90.2 cm³/mol. The number of amides is 1. The molecule has 7 heteroatoms. The Morgan fingerprint density at radius 1 is 1.41 bits per heavy atom. The highest BCUT2D eigenvalue weighted by molar-refractivity contribution is 7.11. The summed E-state index contributed by atoms with van der Waals surface area (Å²) in [6.07, 6.45) is 1.91. The van der Waals surface area contributed by atoms with Crippen LogP contribution < -0.4 is 10.6 Å². The Morgan fingerprint density at radius 2 is 2.09 bits per heavy atom. The molecule has 1 saturated heterocycles. The summed E-state index contributed by atoms with van der Waals surface area (Å²) in [5.74, 6) is 0.976. The zero-order chi connectivity index (χ0) is 16.1. The van der Waals surface area contributed by atoms with Crippen molar-refractivity contribution in [3.8, 4) is 0 Å². The van der Waals surface area contributed by atoms with Gasteiger partial charge in [0.1, 0.15) is 0 Å². The average Bonchev–Trinajstić information content (AvgIpc) is 2.81. The molecule has 2 heterocycles. The second kappa shape index (κ2) is 7.58. The van der Waals surface area contributed by atoms with Crippen molar-refractivity contribution in [1.29, 1.82) is 0 Å². The van der Waals surface area contributed by atoms with Gasteiger partial charge in [-0.1, -0.05) is 0 Å². The Morgan fingerprint density at radius 3 is 2.59 bits per heavy atom. The third kappa shape index (κ3) is 4.43. The summed E-state index contributed by atoms with van der Waals surface area (Å²) in [7, 11) is 1.78. The molecule has 0 saturated carbocycles. The normalized spacial score (nSPS) is 16.7. The van der Waals surface area contributed by atoms with E-state index < -0.39 is 0 Å². The molecule has 1 amide bonds. The lowest BCUT2D eigenvalue weighted by atomic mass is 10.1. The van der Waals surface area contributed by atoms with Gasteiger partial charge in [-0.15, -0.1) is 11.3 Å². The molecule has 0 aliphatic carbocycles. The summed E-state index contributed by atoms with van der Waals surface area (Å²) in [4.78, 5) is 23.2. The van der Waals surface area contributed by atoms with Gasteiger partial charge in [-0.3, -0.25) is 9.79 Å². The van der Waals surface area contributed by atoms with Crippen LogP contribution in [0, 0.1) is 13.8 Å². The summed E-state index contributed by atoms with van der Waals surface area (Å²) < 4.78 is 0. The lowest BCUT2D eigenvalue weighted by molar-refractivity contribution is -0.129. The standard InChI is InChI=1S/C15H25N5OS/c1-10-14(22-11(2)18-10)9-17-15(16-4)19-13-5-7-20(8-6-13)12(3)21/h13H,5-9H2,1-4H3,(H2,16,17,19). The Bertz CT molecular complexity index is 546. The van der Waals surface area contributed by atoms with Crippen LogP contribution in [0.5, 0.6) is 0 Å². The lowest BCUT2D eigenvalue weighted by Crippen LogP contribution is -2.49. The number of likely N-dealkylation sites (tertiary alicyclic amines) is 1. The number of guanidine groups is 1. The number of aliphatic imine (C=N–C) groups is 1. The van der Waals surface area contributed by atoms with E-state index in [1.165, 1.54) is 4.88 Å². The number of aryl methyl sites for hydroxylation is 2. The Kier molecular flexibility index (Phi) is 5.76. The van der Waals surface area contributed by atoms with Crippen LogP contribution >= 0.6 is 11.3 Å². The monoisotopic (exact) mass is 323 g/mol. The molecule has 1 aromatic heterocycles. The second-order valence-electron chi connectivity index (χ2n) is 5.59. The van der Waals surface area contributed by atoms with Crippen molar-refractivity contribution in [2.24, 2.45) is 4.99 Å². The van der Waals surface area contributed by atoms with Crippen LogP contribution in [-0.4, -0.2) is 47.9 Å². The van der Waals surface area contributed by atoms with Crippen LogP contribution in [0.4, 0.5) is 0 Å². The average molecular weight is 323 g/mol. The summed E-state index contributed by atoms with van der Waals surface area (Å²) in [5.41, 5.74) is 1.08. The van der Waals surface area contributed by atoms with Gasteiger partial charge in [0.05, 0.1) is 17.2 Å². The van der Waals surface area contributed by atoms with Crippen molar-refractivity contribution in [2.45, 2.75) is 46.2 Å². The van der Waals surface area contributed by atoms with E-state index in [1.807, 2.05) is 18.7 Å². The van der Waals surface area contributed by atoms with E-state index in [0.29, 0.717) is 6.04 Å². The maximum atomic E-state index is 11.3. The van der Waals surface area contributed by atoms with Gasteiger partial charge in [-0.25, -0.2) is 4.98 Å². The van der Waals surface area contributed by atoms with Gasteiger partial charge in [-0.05, 0) is 26.7 Å². The minimum atomic E-state index is 0.164. The van der Waals surface area contributed by atoms with Crippen molar-refractivity contribution in [3.63, 3.8) is 0 Å². The van der Waals surface area contributed by atoms with E-state index in [1.54, 1.807) is 25.3 Å². The van der Waals surface area contributed by atoms with Gasteiger partial charge < -0.3 is 15.5 Å². The quantitative estimate of drug-likeness (QED) is 0.652. The second-order valence-corrected chi connectivity index (χ2v) is 6.88. The van der Waals surface area contributed by atoms with Crippen LogP contribution in [0.1, 0.15) is 35.3 Å². The maximum absolute atomic E-state index is 11.3. The predicted octanol–water partition coefficient (Wildman–Crippen LogP) is 1.44. The number of thiazole rings is 1. The van der Waals surface area contributed by atoms with Crippen molar-refractivity contribution < 1.29 is 4.79 Å². The van der Waals surface area contributed by atoms with Crippen LogP contribution in [0.3, 0.4) is 0 Å². The molecule has 122 valence electrons. The molecule has 0 radical (unpaired) electrons. The molecule has 1 fully saturated rings. The number of nitrogens with zero attached hydrogens (tertiary/aromatic N) is 3. The highest BCUT2D eigenvalue weighted by atomic mass is 32.1. The van der Waals surface area contributed by atoms with Crippen LogP contribution in [0.2, 0.25) is 0 Å². The molecular formula is C15H25N5OS. The van der Waals surface area contributed by atoms with Gasteiger partial charge >= 0.3 is 0 Å². The number of carbonyl (C=O) groups is 1. The van der Waals surface area contributed by atoms with Crippen LogP contribution in [0.25, 0.3) is 0 Å². The molecule has 1 aromatic rings. The molecule has 2 N–H and O–H groups in total. The number of piperidine rings is 1. The first kappa shape index (κ1) is 16.7. The van der Waals surface area contributed by atoms with E-state index in [4.69, 9.17) is 0 Å². The molecule has 0 aromatic carbocycles. The minimum Gasteiger partial charge on any atom is -0.354 e. The zero-order valence-electron chi connectivity index (χ0n) is 13.8. The van der Waals surface area contributed by atoms with Gasteiger partial charge in [0.25, 0.3) is 0 Å². The van der Waals surface area contributed by atoms with E-state index in [2.05, 4.69) is 20.6 Å². The largest absolute Gasteiger partial charge is 0.354 e. The fourth-order valence-corrected chi connectivity index (χ4v) is 3.51. The third-order valence-corrected chi connectivity index (χ3v) is 4.99. The summed E-state index contributed by atoms with van der Waals surface area (Å²) in [5, 5.41) is 7.89. The van der Waals surface area contributed by atoms with Gasteiger partial charge in [0.15, 0.2) is 5.96 Å². The first-order chi connectivity index (χ1) is 10.5. The number of hydrogen-bond acceptors (Lipinski definition) is 4. The van der Waals surface area contributed by atoms with E-state index in [-0.39, 0.29) is 5.91 Å². The molecule has 1 aliphatic rings. The fraction of sp³-hybridized carbons (Fsp3) is 0.667. The van der Waals surface area contributed by atoms with E-state index in [9.17, 15) is 4.79 Å². The topological polar surface area (TPSA) is 69.6 Å². The van der Waals surface area contributed by atoms with E-state index in [0.717, 1.165) is 49.1 Å². The molecule has 6 nitrogen and oxygen atoms in total. The number of hydrogen-bond donors (Lipinski definition) is 2. The van der Waals surface area contributed by atoms with Crippen molar-refractivity contribution in [1.82, 2.24) is 20.5 Å². The van der Waals surface area contributed by atoms with E-state index >= 15 is 0 Å². The number of rotatable bonds is 3. The Labute approximate surface area is 136 Å². The first-order valence-electron chi connectivity index (χ1n) is 7.65. The molecule has 0 atom stereocenters. The highest BCUT2D eigenvalue weighted by Gasteiger charge is 2.21. The third-order valence-electron chi connectivity index (χ3n) is 3.92. The summed E-state index contributed by atoms with van der Waals surface area (Å²) >= 11 is 1.72. The van der Waals surface area contributed by atoms with Gasteiger partial charge in [0, 0.05) is 38.0 Å².